The standard InChI is InChI=1S/C67H55N5O6S3.C5H7F3O5S/c1-45-56(55-42-75-44-76-55)59(64(79)77-60(46-26-10-2-11-27-46)47-28-12-3-13-29-47)72-62(74)58(63(72)81-45)69-61(73)57(71-78-67(51-36-20-7-21-37-51,52-38-22-8-23-39-52)53-40-24-9-25-41-53)54-43-80-65(68-54)70-66(48-30-14-4-15-31-48,49-32-16-5-17-33-49)50-34-18-6-19-35-50;6-5(7,8)14(9,10)13-2-4-1-11-3-12-4/h2-41,43,45,55,58,60,63H,42,44H2,1H3,(H,68,70)(H,69,73);4H,1-3H2/b71-57-;/t45?,55?,58?,63-;/m1./s1. The van der Waals surface area contributed by atoms with Crippen LogP contribution >= 0.6 is 35.3 Å². The number of carbonyl (C=O) groups is 2. The van der Waals surface area contributed by atoms with E-state index in [0.29, 0.717) is 10.8 Å². The Hall–Kier alpha value is -8.88. The smallest absolute Gasteiger partial charge is 0.469 e. The maximum atomic E-state index is 15.6. The van der Waals surface area contributed by atoms with E-state index in [1.54, 1.807) is 10.3 Å². The first kappa shape index (κ1) is 66.2. The van der Waals surface area contributed by atoms with Crippen molar-refractivity contribution >= 4 is 73.1 Å². The molecule has 0 bridgehead atoms. The van der Waals surface area contributed by atoms with Gasteiger partial charge in [-0.25, -0.2) is 4.98 Å². The fourth-order valence-corrected chi connectivity index (χ4v) is 14.8. The number of thiocarbonyl (C=S) groups is 1. The number of anilines is 1. The number of alkyl halides is 3. The number of rotatable bonds is 21. The van der Waals surface area contributed by atoms with Crippen LogP contribution < -0.4 is 10.6 Å². The highest BCUT2D eigenvalue weighted by Crippen LogP contribution is 2.48. The van der Waals surface area contributed by atoms with Gasteiger partial charge in [0.2, 0.25) is 10.7 Å². The Balaban J connectivity index is 0.000000550. The van der Waals surface area contributed by atoms with E-state index >= 15 is 9.59 Å². The lowest BCUT2D eigenvalue weighted by Gasteiger charge is -2.52. The van der Waals surface area contributed by atoms with Crippen molar-refractivity contribution in [3.05, 3.63) is 310 Å². The van der Waals surface area contributed by atoms with E-state index in [-0.39, 0.29) is 54.4 Å². The van der Waals surface area contributed by atoms with Crippen molar-refractivity contribution in [1.82, 2.24) is 15.2 Å². The highest BCUT2D eigenvalue weighted by atomic mass is 32.2. The number of amides is 2. The molecule has 8 aromatic carbocycles. The third-order valence-corrected chi connectivity index (χ3v) is 19.8. The molecule has 0 spiro atoms. The predicted molar refractivity (Wildman–Crippen MR) is 359 cm³/mol. The fraction of sp³-hybridized carbons (Fsp3) is 0.208. The molecule has 3 saturated heterocycles. The summed E-state index contributed by atoms with van der Waals surface area (Å²) >= 11 is 9.13. The molecule has 3 fully saturated rings. The van der Waals surface area contributed by atoms with E-state index in [9.17, 15) is 21.6 Å². The van der Waals surface area contributed by atoms with Gasteiger partial charge < -0.3 is 39.2 Å². The molecular weight excluding hydrogens is 1300 g/mol. The topological polar surface area (TPSA) is 185 Å². The van der Waals surface area contributed by atoms with E-state index < -0.39 is 69.0 Å². The van der Waals surface area contributed by atoms with Gasteiger partial charge in [-0.2, -0.15) is 21.6 Å². The third-order valence-electron chi connectivity index (χ3n) is 16.3. The van der Waals surface area contributed by atoms with Crippen molar-refractivity contribution in [2.75, 3.05) is 38.7 Å². The van der Waals surface area contributed by atoms with Crippen molar-refractivity contribution in [2.24, 2.45) is 5.16 Å². The SMILES string of the molecule is CC1S[C@@H]2C(NC(=O)/C(=N\OC(c3ccccc3)(c3ccccc3)c3ccccc3)c3csc(NC(c4ccccc4)(c4ccccc4)c4ccccc4)n3)C(=O)N2C(C(=S)OC(c2ccccc2)c2ccccc2)=C1C1COCO1.O=S(=O)(OCC1COCO1)C(F)(F)F. The van der Waals surface area contributed by atoms with Gasteiger partial charge in [0.15, 0.2) is 10.8 Å². The van der Waals surface area contributed by atoms with E-state index in [1.807, 2.05) is 206 Å². The molecule has 5 atom stereocenters. The van der Waals surface area contributed by atoms with Crippen molar-refractivity contribution in [2.45, 2.75) is 58.5 Å². The summed E-state index contributed by atoms with van der Waals surface area (Å²) in [7, 11) is -5.52. The van der Waals surface area contributed by atoms with Crippen LogP contribution in [0.5, 0.6) is 0 Å². The van der Waals surface area contributed by atoms with Crippen LogP contribution in [0.25, 0.3) is 0 Å². The van der Waals surface area contributed by atoms with Crippen LogP contribution in [-0.4, -0.2) is 109 Å². The second-order valence-electron chi connectivity index (χ2n) is 22.2. The second kappa shape index (κ2) is 29.4. The Kier molecular flexibility index (Phi) is 20.5. The molecule has 4 unspecified atom stereocenters. The van der Waals surface area contributed by atoms with E-state index in [0.717, 1.165) is 50.1 Å². The Morgan fingerprint density at radius 1 is 0.674 bits per heavy atom. The molecule has 9 aromatic rings. The zero-order valence-corrected chi connectivity index (χ0v) is 54.0. The summed E-state index contributed by atoms with van der Waals surface area (Å²) in [5.41, 5.74) is 0.642. The summed E-state index contributed by atoms with van der Waals surface area (Å²) in [5, 5.41) is 13.5. The monoisotopic (exact) mass is 1360 g/mol. The number of nitrogens with zero attached hydrogens (tertiary/aromatic N) is 3. The zero-order chi connectivity index (χ0) is 66.0. The Morgan fingerprint density at radius 3 is 1.57 bits per heavy atom. The average molecular weight is 1360 g/mol. The summed E-state index contributed by atoms with van der Waals surface area (Å²) in [5.74, 6) is -1.05. The number of aromatic nitrogens is 1. The number of oxime groups is 1. The minimum Gasteiger partial charge on any atom is -0.469 e. The molecule has 4 aliphatic heterocycles. The quantitative estimate of drug-likeness (QED) is 0.0132. The molecule has 95 heavy (non-hydrogen) atoms. The number of hydrogen-bond acceptors (Lipinski definition) is 17. The molecule has 2 N–H and O–H groups in total. The summed E-state index contributed by atoms with van der Waals surface area (Å²) in [6, 6.07) is 78.8. The molecule has 5 heterocycles. The van der Waals surface area contributed by atoms with E-state index in [4.69, 9.17) is 41.4 Å². The molecule has 0 radical (unpaired) electrons. The third kappa shape index (κ3) is 14.1. The number of thiazole rings is 1. The normalized spacial score (nSPS) is 19.0. The van der Waals surface area contributed by atoms with Crippen LogP contribution in [0.1, 0.15) is 63.2 Å². The van der Waals surface area contributed by atoms with Gasteiger partial charge in [0.25, 0.3) is 11.8 Å². The van der Waals surface area contributed by atoms with Crippen LogP contribution in [-0.2, 0) is 63.6 Å². The van der Waals surface area contributed by atoms with Crippen molar-refractivity contribution < 1.29 is 63.9 Å². The molecule has 16 nitrogen and oxygen atoms in total. The number of carbonyl (C=O) groups excluding carboxylic acids is 2. The zero-order valence-electron chi connectivity index (χ0n) is 50.8. The Bertz CT molecular complexity index is 4020. The highest BCUT2D eigenvalue weighted by Gasteiger charge is 2.57. The lowest BCUT2D eigenvalue weighted by atomic mass is 9.77. The van der Waals surface area contributed by atoms with Crippen molar-refractivity contribution in [3.63, 3.8) is 0 Å². The molecular formula is C72H62F3N5O11S4. The van der Waals surface area contributed by atoms with Gasteiger partial charge in [0, 0.05) is 32.9 Å². The summed E-state index contributed by atoms with van der Waals surface area (Å²) in [6.45, 7) is 1.69. The van der Waals surface area contributed by atoms with Gasteiger partial charge in [-0.1, -0.05) is 248 Å². The lowest BCUT2D eigenvalue weighted by Crippen LogP contribution is -2.71. The van der Waals surface area contributed by atoms with Gasteiger partial charge in [-0.05, 0) is 47.0 Å². The number of β-lactam (4-membered cyclic amide) rings is 1. The van der Waals surface area contributed by atoms with Gasteiger partial charge in [0.05, 0.1) is 19.8 Å². The van der Waals surface area contributed by atoms with Gasteiger partial charge in [0.1, 0.15) is 60.2 Å². The number of nitrogens with one attached hydrogen (secondary N) is 2. The predicted octanol–water partition coefficient (Wildman–Crippen LogP) is 13.0. The highest BCUT2D eigenvalue weighted by molar-refractivity contribution is 8.00. The van der Waals surface area contributed by atoms with Gasteiger partial charge in [-0.15, -0.1) is 23.1 Å². The minimum absolute atomic E-state index is 0.0212. The summed E-state index contributed by atoms with van der Waals surface area (Å²) in [6.07, 6.45) is -1.84. The van der Waals surface area contributed by atoms with Crippen molar-refractivity contribution in [1.29, 1.82) is 0 Å². The van der Waals surface area contributed by atoms with E-state index in [1.165, 1.54) is 23.1 Å². The summed E-state index contributed by atoms with van der Waals surface area (Å²) < 4.78 is 87.6. The maximum absolute atomic E-state index is 15.6. The molecule has 1 aromatic heterocycles. The number of halogens is 3. The first-order valence-corrected chi connectivity index (χ1v) is 33.8. The Morgan fingerprint density at radius 2 is 1.13 bits per heavy atom. The van der Waals surface area contributed by atoms with Crippen molar-refractivity contribution in [3.8, 4) is 0 Å². The molecule has 2 amide bonds. The van der Waals surface area contributed by atoms with Crippen LogP contribution in [0.4, 0.5) is 18.3 Å². The molecule has 4 aliphatic rings. The number of thioether (sulfide) groups is 1. The van der Waals surface area contributed by atoms with Crippen LogP contribution in [0.15, 0.2) is 264 Å². The largest absolute Gasteiger partial charge is 0.523 e. The number of ether oxygens (including phenoxy) is 5. The van der Waals surface area contributed by atoms with Crippen LogP contribution in [0.3, 0.4) is 0 Å². The minimum atomic E-state index is -5.52. The second-order valence-corrected chi connectivity index (χ2v) is 26.5. The first-order valence-electron chi connectivity index (χ1n) is 30.2. The van der Waals surface area contributed by atoms with Gasteiger partial charge >= 0.3 is 15.6 Å². The number of benzene rings is 8. The van der Waals surface area contributed by atoms with Crippen LogP contribution in [0, 0.1) is 0 Å². The number of hydrogen-bond donors (Lipinski definition) is 2. The van der Waals surface area contributed by atoms with Gasteiger partial charge in [-0.3, -0.25) is 18.7 Å². The number of fused-ring (bicyclic) bond motifs is 1. The van der Waals surface area contributed by atoms with Crippen LogP contribution in [0.2, 0.25) is 0 Å². The fourth-order valence-electron chi connectivity index (χ4n) is 11.8. The molecule has 0 aliphatic carbocycles. The average Bonchev–Trinajstić information content (AvgIpc) is 1.39. The molecule has 13 rings (SSSR count). The molecule has 0 saturated carbocycles. The lowest BCUT2D eigenvalue weighted by molar-refractivity contribution is -0.144. The molecule has 486 valence electrons. The maximum Gasteiger partial charge on any atom is 0.523 e. The molecule has 23 heteroatoms. The first-order chi connectivity index (χ1) is 46.2. The Labute approximate surface area is 560 Å². The summed E-state index contributed by atoms with van der Waals surface area (Å²) in [4.78, 5) is 44.7. The van der Waals surface area contributed by atoms with E-state index in [2.05, 4.69) is 67.6 Å².